The van der Waals surface area contributed by atoms with E-state index in [1.165, 1.54) is 18.3 Å². The number of nitrogen functional groups attached to an aromatic ring is 1. The fourth-order valence-corrected chi connectivity index (χ4v) is 1.45. The lowest BCUT2D eigenvalue weighted by molar-refractivity contribution is 0.306. The van der Waals surface area contributed by atoms with Crippen molar-refractivity contribution in [3.63, 3.8) is 0 Å². The zero-order valence-electron chi connectivity index (χ0n) is 9.43. The number of halogens is 1. The van der Waals surface area contributed by atoms with Crippen LogP contribution in [0, 0.1) is 17.1 Å². The molecule has 5 heteroatoms. The van der Waals surface area contributed by atoms with Gasteiger partial charge in [0.1, 0.15) is 18.2 Å². The van der Waals surface area contributed by atoms with E-state index in [0.717, 1.165) is 6.20 Å². The highest BCUT2D eigenvalue weighted by Crippen LogP contribution is 2.23. The van der Waals surface area contributed by atoms with Gasteiger partial charge in [0.05, 0.1) is 23.5 Å². The first kappa shape index (κ1) is 11.9. The van der Waals surface area contributed by atoms with Crippen LogP contribution in [0.25, 0.3) is 0 Å². The Balaban J connectivity index is 2.09. The Morgan fingerprint density at radius 3 is 2.83 bits per heavy atom. The predicted molar refractivity (Wildman–Crippen MR) is 64.1 cm³/mol. The topological polar surface area (TPSA) is 71.9 Å². The van der Waals surface area contributed by atoms with Gasteiger partial charge in [-0.05, 0) is 24.3 Å². The summed E-state index contributed by atoms with van der Waals surface area (Å²) < 4.78 is 18.3. The van der Waals surface area contributed by atoms with Gasteiger partial charge in [0, 0.05) is 11.8 Å². The molecule has 0 fully saturated rings. The Morgan fingerprint density at radius 2 is 2.17 bits per heavy atom. The molecule has 0 saturated heterocycles. The quantitative estimate of drug-likeness (QED) is 0.839. The van der Waals surface area contributed by atoms with E-state index in [9.17, 15) is 4.39 Å². The first-order valence-electron chi connectivity index (χ1n) is 5.21. The summed E-state index contributed by atoms with van der Waals surface area (Å²) >= 11 is 0. The Morgan fingerprint density at radius 1 is 1.33 bits per heavy atom. The molecule has 1 heterocycles. The fourth-order valence-electron chi connectivity index (χ4n) is 1.45. The maximum atomic E-state index is 12.9. The average Bonchev–Trinajstić information content (AvgIpc) is 2.37. The second-order valence-electron chi connectivity index (χ2n) is 3.66. The molecule has 2 rings (SSSR count). The normalized spacial score (nSPS) is 9.78. The highest BCUT2D eigenvalue weighted by atomic mass is 19.1. The van der Waals surface area contributed by atoms with Crippen molar-refractivity contribution in [3.05, 3.63) is 53.6 Å². The van der Waals surface area contributed by atoms with Crippen molar-refractivity contribution in [1.82, 2.24) is 4.98 Å². The lowest BCUT2D eigenvalue weighted by Gasteiger charge is -2.08. The molecule has 0 amide bonds. The molecule has 0 spiro atoms. The molecular weight excluding hydrogens is 233 g/mol. The number of benzene rings is 1. The molecule has 2 N–H and O–H groups in total. The van der Waals surface area contributed by atoms with Gasteiger partial charge in [0.2, 0.25) is 0 Å². The van der Waals surface area contributed by atoms with Crippen LogP contribution in [0.15, 0.2) is 36.7 Å². The van der Waals surface area contributed by atoms with Crippen LogP contribution in [-0.2, 0) is 6.61 Å². The minimum atomic E-state index is -0.413. The van der Waals surface area contributed by atoms with E-state index in [1.807, 2.05) is 6.07 Å². The number of nitrogens with zero attached hydrogens (tertiary/aromatic N) is 2. The molecule has 0 radical (unpaired) electrons. The highest BCUT2D eigenvalue weighted by Gasteiger charge is 2.03. The summed E-state index contributed by atoms with van der Waals surface area (Å²) in [5, 5.41) is 8.70. The van der Waals surface area contributed by atoms with Gasteiger partial charge in [-0.15, -0.1) is 0 Å². The molecule has 0 bridgehead atoms. The smallest absolute Gasteiger partial charge is 0.142 e. The van der Waals surface area contributed by atoms with E-state index in [4.69, 9.17) is 15.7 Å². The largest absolute Gasteiger partial charge is 0.487 e. The Kier molecular flexibility index (Phi) is 3.39. The van der Waals surface area contributed by atoms with Crippen LogP contribution < -0.4 is 10.5 Å². The minimum Gasteiger partial charge on any atom is -0.487 e. The Labute approximate surface area is 103 Å². The van der Waals surface area contributed by atoms with Gasteiger partial charge >= 0.3 is 0 Å². The van der Waals surface area contributed by atoms with Gasteiger partial charge in [-0.25, -0.2) is 4.39 Å². The van der Waals surface area contributed by atoms with E-state index in [-0.39, 0.29) is 6.61 Å². The molecule has 0 unspecified atom stereocenters. The van der Waals surface area contributed by atoms with Gasteiger partial charge in [-0.2, -0.15) is 5.26 Å². The number of ether oxygens (including phenoxy) is 1. The number of aromatic nitrogens is 1. The Hall–Kier alpha value is -2.61. The molecule has 0 aliphatic rings. The van der Waals surface area contributed by atoms with Crippen molar-refractivity contribution >= 4 is 5.69 Å². The zero-order chi connectivity index (χ0) is 13.0. The molecule has 2 aromatic rings. The van der Waals surface area contributed by atoms with Crippen molar-refractivity contribution in [2.75, 3.05) is 5.73 Å². The summed E-state index contributed by atoms with van der Waals surface area (Å²) in [6.07, 6.45) is 2.64. The van der Waals surface area contributed by atoms with Crippen molar-refractivity contribution in [2.45, 2.75) is 6.61 Å². The van der Waals surface area contributed by atoms with Gasteiger partial charge < -0.3 is 10.5 Å². The van der Waals surface area contributed by atoms with Crippen LogP contribution in [0.5, 0.6) is 5.75 Å². The summed E-state index contributed by atoms with van der Waals surface area (Å²) in [5.41, 5.74) is 7.17. The van der Waals surface area contributed by atoms with Gasteiger partial charge in [0.15, 0.2) is 0 Å². The SMILES string of the molecule is N#Cc1ccc(OCc2cncc(F)c2)c(N)c1. The van der Waals surface area contributed by atoms with E-state index in [0.29, 0.717) is 22.6 Å². The van der Waals surface area contributed by atoms with Crippen LogP contribution in [0.4, 0.5) is 10.1 Å². The van der Waals surface area contributed by atoms with Gasteiger partial charge in [-0.3, -0.25) is 4.98 Å². The van der Waals surface area contributed by atoms with Gasteiger partial charge in [0.25, 0.3) is 0 Å². The third-order valence-corrected chi connectivity index (χ3v) is 2.29. The first-order chi connectivity index (χ1) is 8.69. The van der Waals surface area contributed by atoms with Crippen molar-refractivity contribution in [2.24, 2.45) is 0 Å². The molecular formula is C13H10FN3O. The number of hydrogen-bond donors (Lipinski definition) is 1. The molecule has 18 heavy (non-hydrogen) atoms. The molecule has 90 valence electrons. The second kappa shape index (κ2) is 5.15. The minimum absolute atomic E-state index is 0.168. The summed E-state index contributed by atoms with van der Waals surface area (Å²) in [7, 11) is 0. The van der Waals surface area contributed by atoms with E-state index < -0.39 is 5.82 Å². The van der Waals surface area contributed by atoms with Crippen LogP contribution >= 0.6 is 0 Å². The van der Waals surface area contributed by atoms with Crippen LogP contribution in [0.3, 0.4) is 0 Å². The number of hydrogen-bond acceptors (Lipinski definition) is 4. The van der Waals surface area contributed by atoms with Crippen molar-refractivity contribution in [3.8, 4) is 11.8 Å². The molecule has 0 aliphatic heterocycles. The Bertz CT molecular complexity index is 607. The van der Waals surface area contributed by atoms with Crippen LogP contribution in [0.1, 0.15) is 11.1 Å². The third kappa shape index (κ3) is 2.74. The maximum Gasteiger partial charge on any atom is 0.142 e. The number of nitrogens with two attached hydrogens (primary N) is 1. The number of nitriles is 1. The van der Waals surface area contributed by atoms with E-state index in [1.54, 1.807) is 12.1 Å². The standard InChI is InChI=1S/C13H10FN3O/c14-11-3-10(6-17-7-11)8-18-13-2-1-9(5-15)4-12(13)16/h1-4,6-7H,8,16H2. The van der Waals surface area contributed by atoms with E-state index in [2.05, 4.69) is 4.98 Å². The first-order valence-corrected chi connectivity index (χ1v) is 5.21. The summed E-state index contributed by atoms with van der Waals surface area (Å²) in [5.74, 6) is 0.0437. The fraction of sp³-hybridized carbons (Fsp3) is 0.0769. The monoisotopic (exact) mass is 243 g/mol. The van der Waals surface area contributed by atoms with Crippen molar-refractivity contribution < 1.29 is 9.13 Å². The molecule has 0 atom stereocenters. The molecule has 1 aromatic carbocycles. The van der Waals surface area contributed by atoms with Gasteiger partial charge in [-0.1, -0.05) is 0 Å². The zero-order valence-corrected chi connectivity index (χ0v) is 9.43. The van der Waals surface area contributed by atoms with Crippen LogP contribution in [0.2, 0.25) is 0 Å². The third-order valence-electron chi connectivity index (χ3n) is 2.29. The molecule has 4 nitrogen and oxygen atoms in total. The highest BCUT2D eigenvalue weighted by molar-refractivity contribution is 5.56. The second-order valence-corrected chi connectivity index (χ2v) is 3.66. The maximum absolute atomic E-state index is 12.9. The summed E-state index contributed by atoms with van der Waals surface area (Å²) in [4.78, 5) is 3.72. The predicted octanol–water partition coefficient (Wildman–Crippen LogP) is 2.25. The number of anilines is 1. The number of rotatable bonds is 3. The summed E-state index contributed by atoms with van der Waals surface area (Å²) in [6, 6.07) is 8.07. The lowest BCUT2D eigenvalue weighted by atomic mass is 10.2. The van der Waals surface area contributed by atoms with Crippen molar-refractivity contribution in [1.29, 1.82) is 5.26 Å². The molecule has 1 aromatic heterocycles. The van der Waals surface area contributed by atoms with E-state index >= 15 is 0 Å². The lowest BCUT2D eigenvalue weighted by Crippen LogP contribution is -2.00. The molecule has 0 saturated carbocycles. The van der Waals surface area contributed by atoms with Crippen LogP contribution in [-0.4, -0.2) is 4.98 Å². The molecule has 0 aliphatic carbocycles. The summed E-state index contributed by atoms with van der Waals surface area (Å²) in [6.45, 7) is 0.168. The number of pyridine rings is 1. The average molecular weight is 243 g/mol.